The first-order valence-corrected chi connectivity index (χ1v) is 30.1. The van der Waals surface area contributed by atoms with E-state index in [1.54, 1.807) is 36.4 Å². The summed E-state index contributed by atoms with van der Waals surface area (Å²) >= 11 is 0. The highest BCUT2D eigenvalue weighted by molar-refractivity contribution is 5.82. The highest BCUT2D eigenvalue weighted by atomic mass is 16.6. The molecule has 0 unspecified atom stereocenters. The Morgan fingerprint density at radius 1 is 0.177 bits per heavy atom. The summed E-state index contributed by atoms with van der Waals surface area (Å²) in [5.41, 5.74) is 3.08. The van der Waals surface area contributed by atoms with Gasteiger partial charge in [-0.05, 0) is 77.9 Å². The van der Waals surface area contributed by atoms with Crippen LogP contribution in [0.15, 0.2) is 36.4 Å². The summed E-state index contributed by atoms with van der Waals surface area (Å²) < 4.78 is 71.5. The molecule has 0 saturated carbocycles. The van der Waals surface area contributed by atoms with Crippen molar-refractivity contribution in [1.29, 1.82) is 0 Å². The van der Waals surface area contributed by atoms with Crippen LogP contribution in [-0.2, 0) is 96.1 Å². The summed E-state index contributed by atoms with van der Waals surface area (Å²) in [6.07, 6.45) is -1.75. The minimum Gasteiger partial charge on any atom is -0.426 e. The molecule has 0 atom stereocenters. The van der Waals surface area contributed by atoms with Gasteiger partial charge in [-0.15, -0.1) is 0 Å². The summed E-state index contributed by atoms with van der Waals surface area (Å²) in [5.74, 6) is -10.9. The molecule has 504 valence electrons. The van der Waals surface area contributed by atoms with Crippen molar-refractivity contribution in [2.45, 2.75) is 163 Å². The molecule has 6 aromatic carbocycles. The van der Waals surface area contributed by atoms with E-state index in [4.69, 9.17) is 56.8 Å². The van der Waals surface area contributed by atoms with E-state index >= 15 is 0 Å². The molecule has 1 aliphatic rings. The number of benzene rings is 6. The molecular formula is C72H72O24. The summed E-state index contributed by atoms with van der Waals surface area (Å²) in [4.78, 5) is 159. The molecule has 0 heterocycles. The number of hydrogen-bond acceptors (Lipinski definition) is 24. The van der Waals surface area contributed by atoms with Crippen LogP contribution in [0.25, 0.3) is 0 Å². The lowest BCUT2D eigenvalue weighted by molar-refractivity contribution is -0.133. The first-order chi connectivity index (χ1) is 44.9. The molecule has 96 heavy (non-hydrogen) atoms. The Balaban J connectivity index is 1.78. The van der Waals surface area contributed by atoms with E-state index in [2.05, 4.69) is 0 Å². The largest absolute Gasteiger partial charge is 0.426 e. The van der Waals surface area contributed by atoms with Crippen LogP contribution in [0.4, 0.5) is 0 Å². The Bertz CT molecular complexity index is 3400. The average Bonchev–Trinajstić information content (AvgIpc) is 0.770. The summed E-state index contributed by atoms with van der Waals surface area (Å²) in [6.45, 7) is 22.9. The summed E-state index contributed by atoms with van der Waals surface area (Å²) in [5, 5.41) is 0. The van der Waals surface area contributed by atoms with E-state index in [0.717, 1.165) is 83.1 Å². The molecule has 7 rings (SSSR count). The first kappa shape index (κ1) is 72.4. The van der Waals surface area contributed by atoms with Gasteiger partial charge >= 0.3 is 71.6 Å². The van der Waals surface area contributed by atoms with Crippen LogP contribution in [-0.4, -0.2) is 71.6 Å². The first-order valence-electron chi connectivity index (χ1n) is 30.1. The molecule has 0 N–H and O–H groups in total. The van der Waals surface area contributed by atoms with E-state index in [1.807, 2.05) is 0 Å². The van der Waals surface area contributed by atoms with Crippen LogP contribution in [0.1, 0.15) is 183 Å². The van der Waals surface area contributed by atoms with Gasteiger partial charge in [-0.1, -0.05) is 0 Å². The molecule has 24 heteroatoms. The summed E-state index contributed by atoms with van der Waals surface area (Å²) in [6, 6.07) is 9.31. The molecule has 6 aromatic rings. The third-order valence-corrected chi connectivity index (χ3v) is 14.9. The van der Waals surface area contributed by atoms with Crippen LogP contribution in [0.5, 0.6) is 69.0 Å². The van der Waals surface area contributed by atoms with Crippen molar-refractivity contribution in [3.05, 3.63) is 137 Å². The zero-order chi connectivity index (χ0) is 71.2. The minimum absolute atomic E-state index is 0.101. The van der Waals surface area contributed by atoms with E-state index in [-0.39, 0.29) is 208 Å². The van der Waals surface area contributed by atoms with Gasteiger partial charge < -0.3 is 56.8 Å². The smallest absolute Gasteiger partial charge is 0.308 e. The van der Waals surface area contributed by atoms with Crippen LogP contribution in [0.3, 0.4) is 0 Å². The number of ether oxygens (including phenoxy) is 12. The number of rotatable bonds is 12. The SMILES string of the molecule is CC(=O)Oc1c2cc(c(OC(C)=O)c1C)Cc1cc(c(OC(C)=O)c(C)c1OC(C)=O)Cc1cc(c(OC(C)=O)c(C)c1OC(C)=O)Cc1cc(c(OC(C)=O)c(C)c1OC(C)=O)Cc1cc(c(OC(C)=O)c(C)c1OC(C)=O)Cc1cc(c(OC(C)=O)c(C)c1OC(C)=O)C2. The van der Waals surface area contributed by atoms with Crippen LogP contribution in [0.2, 0.25) is 0 Å². The molecule has 12 bridgehead atoms. The lowest BCUT2D eigenvalue weighted by atomic mass is 9.88. The van der Waals surface area contributed by atoms with E-state index < -0.39 is 71.6 Å². The van der Waals surface area contributed by atoms with E-state index in [9.17, 15) is 57.5 Å². The molecule has 0 saturated heterocycles. The lowest BCUT2D eigenvalue weighted by Gasteiger charge is -2.25. The number of carbonyl (C=O) groups excluding carboxylic acids is 12. The van der Waals surface area contributed by atoms with Crippen molar-refractivity contribution in [3.63, 3.8) is 0 Å². The fourth-order valence-corrected chi connectivity index (χ4v) is 11.8. The molecule has 1 aliphatic carbocycles. The topological polar surface area (TPSA) is 316 Å². The van der Waals surface area contributed by atoms with Crippen molar-refractivity contribution < 1.29 is 114 Å². The molecule has 0 aromatic heterocycles. The Labute approximate surface area is 552 Å². The molecule has 0 amide bonds. The predicted octanol–water partition coefficient (Wildman–Crippen LogP) is 10.5. The number of fused-ring (bicyclic) bond motifs is 12. The Kier molecular flexibility index (Phi) is 22.6. The maximum absolute atomic E-state index is 13.2. The Hall–Kier alpha value is -11.0. The Morgan fingerprint density at radius 3 is 0.312 bits per heavy atom. The average molecular weight is 1320 g/mol. The number of esters is 12. The van der Waals surface area contributed by atoms with E-state index in [0.29, 0.717) is 0 Å². The second kappa shape index (κ2) is 29.9. The van der Waals surface area contributed by atoms with Crippen LogP contribution >= 0.6 is 0 Å². The zero-order valence-electron chi connectivity index (χ0n) is 56.5. The normalized spacial score (nSPS) is 11.7. The molecule has 0 spiro atoms. The monoisotopic (exact) mass is 1320 g/mol. The van der Waals surface area contributed by atoms with Gasteiger partial charge in [-0.3, -0.25) is 57.5 Å². The highest BCUT2D eigenvalue weighted by Gasteiger charge is 2.33. The Morgan fingerprint density at radius 2 is 0.250 bits per heavy atom. The third-order valence-electron chi connectivity index (χ3n) is 14.9. The number of hydrogen-bond donors (Lipinski definition) is 0. The summed E-state index contributed by atoms with van der Waals surface area (Å²) in [7, 11) is 0. The minimum atomic E-state index is -0.804. The third kappa shape index (κ3) is 17.0. The van der Waals surface area contributed by atoms with Gasteiger partial charge in [0.15, 0.2) is 0 Å². The van der Waals surface area contributed by atoms with Gasteiger partial charge in [-0.25, -0.2) is 0 Å². The predicted molar refractivity (Wildman–Crippen MR) is 340 cm³/mol. The maximum Gasteiger partial charge on any atom is 0.308 e. The second-order valence-corrected chi connectivity index (χ2v) is 23.1. The van der Waals surface area contributed by atoms with Gasteiger partial charge in [0.25, 0.3) is 0 Å². The van der Waals surface area contributed by atoms with E-state index in [1.165, 1.54) is 41.5 Å². The van der Waals surface area contributed by atoms with Crippen molar-refractivity contribution in [2.75, 3.05) is 0 Å². The fraction of sp³-hybridized carbons (Fsp3) is 0.333. The van der Waals surface area contributed by atoms with Gasteiger partial charge in [0.2, 0.25) is 0 Å². The quantitative estimate of drug-likeness (QED) is 0.0810. The van der Waals surface area contributed by atoms with Crippen molar-refractivity contribution in [3.8, 4) is 69.0 Å². The molecule has 0 aliphatic heterocycles. The van der Waals surface area contributed by atoms with Crippen molar-refractivity contribution in [1.82, 2.24) is 0 Å². The maximum atomic E-state index is 13.2. The lowest BCUT2D eigenvalue weighted by Crippen LogP contribution is -2.16. The zero-order valence-corrected chi connectivity index (χ0v) is 56.5. The van der Waals surface area contributed by atoms with Gasteiger partial charge in [-0.2, -0.15) is 0 Å². The molecule has 24 nitrogen and oxygen atoms in total. The second-order valence-electron chi connectivity index (χ2n) is 23.1. The van der Waals surface area contributed by atoms with Gasteiger partial charge in [0.05, 0.1) is 0 Å². The van der Waals surface area contributed by atoms with Crippen molar-refractivity contribution in [2.24, 2.45) is 0 Å². The van der Waals surface area contributed by atoms with Crippen LogP contribution in [0, 0.1) is 41.5 Å². The molecular weight excluding hydrogens is 1250 g/mol. The van der Waals surface area contributed by atoms with Gasteiger partial charge in [0.1, 0.15) is 69.0 Å². The molecule has 0 radical (unpaired) electrons. The molecule has 0 fully saturated rings. The highest BCUT2D eigenvalue weighted by Crippen LogP contribution is 2.49. The van der Waals surface area contributed by atoms with Crippen molar-refractivity contribution >= 4 is 71.6 Å². The van der Waals surface area contributed by atoms with Crippen LogP contribution < -0.4 is 56.8 Å². The number of carbonyl (C=O) groups is 12. The fourth-order valence-electron chi connectivity index (χ4n) is 11.8. The standard InChI is InChI=1S/C72H72O24/c1-31-61(85-37(7)73)49-19-50(62(31)86-38(8)74)26-52-21-54(66(90-42(12)78)33(3)64(52)88-40(10)76)28-56-23-58(70(94-46(16)82)35(5)68(56)92-44(14)80)30-60-24-59(71(95-47(17)83)36(6)72(60)96-48(18)84)29-57-22-55(67(91-43(13)79)34(4)69(57)93-45(15)81)27-53-20-51(25-49)63(87-39(9)75)32(2)65(53)89-41(11)77/h19-24H,25-30H2,1-18H3. The van der Waals surface area contributed by atoms with Gasteiger partial charge in [0, 0.05) is 222 Å².